The first kappa shape index (κ1) is 16.4. The van der Waals surface area contributed by atoms with Gasteiger partial charge in [0.25, 0.3) is 11.8 Å². The highest BCUT2D eigenvalue weighted by Crippen LogP contribution is 2.22. The van der Waals surface area contributed by atoms with Crippen molar-refractivity contribution >= 4 is 11.8 Å². The molecule has 0 aliphatic rings. The van der Waals surface area contributed by atoms with E-state index in [1.807, 2.05) is 0 Å². The molecule has 0 saturated carbocycles. The molecular weight excluding hydrogens is 330 g/mol. The van der Waals surface area contributed by atoms with Crippen LogP contribution in [0.3, 0.4) is 0 Å². The summed E-state index contributed by atoms with van der Waals surface area (Å²) >= 11 is 0. The molecule has 3 aromatic heterocycles. The van der Waals surface area contributed by atoms with Gasteiger partial charge in [0.05, 0.1) is 0 Å². The Bertz CT molecular complexity index is 840. The van der Waals surface area contributed by atoms with Crippen LogP contribution in [-0.2, 0) is 0 Å². The van der Waals surface area contributed by atoms with Gasteiger partial charge in [-0.15, -0.1) is 0 Å². The zero-order chi connectivity index (χ0) is 17.8. The Hall–Kier alpha value is -3.43. The molecular formula is C15H15N5O5. The standard InChI is InChI=1S/C15H15N5O5/c1-19(14(21)11-7-23-8-16-11)4-5-20(2)15(22)12-13(24-9-17-12)10-3-6-25-18-10/h3,6-9H,4-5H2,1-2H3. The van der Waals surface area contributed by atoms with Gasteiger partial charge in [-0.2, -0.15) is 0 Å². The highest BCUT2D eigenvalue weighted by Gasteiger charge is 2.24. The molecule has 0 unspecified atom stereocenters. The molecule has 3 rings (SSSR count). The van der Waals surface area contributed by atoms with Gasteiger partial charge in [0.1, 0.15) is 12.5 Å². The lowest BCUT2D eigenvalue weighted by atomic mass is 10.2. The highest BCUT2D eigenvalue weighted by molar-refractivity contribution is 5.97. The van der Waals surface area contributed by atoms with Crippen molar-refractivity contribution in [1.82, 2.24) is 24.9 Å². The molecule has 0 spiro atoms. The SMILES string of the molecule is CN(CCN(C)C(=O)c1ncoc1-c1ccon1)C(=O)c1cocn1. The zero-order valence-electron chi connectivity index (χ0n) is 13.6. The first-order chi connectivity index (χ1) is 12.1. The second-order valence-electron chi connectivity index (χ2n) is 5.24. The number of rotatable bonds is 6. The Balaban J connectivity index is 1.62. The molecule has 0 saturated heterocycles. The Morgan fingerprint density at radius 2 is 1.84 bits per heavy atom. The monoisotopic (exact) mass is 345 g/mol. The number of oxazole rings is 2. The minimum absolute atomic E-state index is 0.127. The summed E-state index contributed by atoms with van der Waals surface area (Å²) in [4.78, 5) is 35.3. The van der Waals surface area contributed by atoms with E-state index >= 15 is 0 Å². The average Bonchev–Trinajstić information content (AvgIpc) is 3.38. The summed E-state index contributed by atoms with van der Waals surface area (Å²) in [6, 6.07) is 1.57. The van der Waals surface area contributed by atoms with Crippen LogP contribution in [0.1, 0.15) is 21.0 Å². The molecule has 2 amide bonds. The van der Waals surface area contributed by atoms with Crippen molar-refractivity contribution < 1.29 is 22.9 Å². The van der Waals surface area contributed by atoms with E-state index in [9.17, 15) is 9.59 Å². The van der Waals surface area contributed by atoms with Gasteiger partial charge >= 0.3 is 0 Å². The maximum Gasteiger partial charge on any atom is 0.276 e. The number of aromatic nitrogens is 3. The Morgan fingerprint density at radius 3 is 2.48 bits per heavy atom. The Labute approximate surface area is 142 Å². The molecule has 10 nitrogen and oxygen atoms in total. The largest absolute Gasteiger partial charge is 0.451 e. The van der Waals surface area contributed by atoms with Gasteiger partial charge < -0.3 is 23.2 Å². The summed E-state index contributed by atoms with van der Waals surface area (Å²) in [5.74, 6) is -0.411. The van der Waals surface area contributed by atoms with Crippen LogP contribution in [0.2, 0.25) is 0 Å². The molecule has 0 N–H and O–H groups in total. The summed E-state index contributed by atoms with van der Waals surface area (Å²) in [5.41, 5.74) is 0.718. The summed E-state index contributed by atoms with van der Waals surface area (Å²) in [7, 11) is 3.23. The van der Waals surface area contributed by atoms with Crippen LogP contribution in [0.4, 0.5) is 0 Å². The molecule has 0 radical (unpaired) electrons. The summed E-state index contributed by atoms with van der Waals surface area (Å²) in [6.07, 6.45) is 5.01. The molecule has 0 atom stereocenters. The lowest BCUT2D eigenvalue weighted by Gasteiger charge is -2.21. The molecule has 0 aliphatic heterocycles. The molecule has 0 fully saturated rings. The molecule has 0 aliphatic carbocycles. The number of hydrogen-bond donors (Lipinski definition) is 0. The summed E-state index contributed by atoms with van der Waals surface area (Å²) in [6.45, 7) is 0.606. The predicted octanol–water partition coefficient (Wildman–Crippen LogP) is 1.16. The van der Waals surface area contributed by atoms with Gasteiger partial charge in [-0.1, -0.05) is 5.16 Å². The zero-order valence-corrected chi connectivity index (χ0v) is 13.6. The predicted molar refractivity (Wildman–Crippen MR) is 82.4 cm³/mol. The quantitative estimate of drug-likeness (QED) is 0.653. The third-order valence-corrected chi connectivity index (χ3v) is 3.56. The van der Waals surface area contributed by atoms with Crippen LogP contribution < -0.4 is 0 Å². The Morgan fingerprint density at radius 1 is 1.08 bits per heavy atom. The van der Waals surface area contributed by atoms with Crippen molar-refractivity contribution in [2.24, 2.45) is 0 Å². The first-order valence-corrected chi connectivity index (χ1v) is 7.31. The third kappa shape index (κ3) is 3.42. The molecule has 10 heteroatoms. The smallest absolute Gasteiger partial charge is 0.276 e. The number of hydrogen-bond acceptors (Lipinski definition) is 8. The number of likely N-dealkylation sites (N-methyl/N-ethyl adjacent to an activating group) is 2. The van der Waals surface area contributed by atoms with E-state index in [1.54, 1.807) is 20.2 Å². The molecule has 0 bridgehead atoms. The molecule has 130 valence electrons. The van der Waals surface area contributed by atoms with Crippen LogP contribution in [0.5, 0.6) is 0 Å². The average molecular weight is 345 g/mol. The van der Waals surface area contributed by atoms with Crippen molar-refractivity contribution in [3.8, 4) is 11.5 Å². The fourth-order valence-corrected chi connectivity index (χ4v) is 2.11. The van der Waals surface area contributed by atoms with E-state index in [4.69, 9.17) is 13.4 Å². The summed E-state index contributed by atoms with van der Waals surface area (Å²) in [5, 5.41) is 3.74. The van der Waals surface area contributed by atoms with E-state index in [1.165, 1.54) is 35.1 Å². The van der Waals surface area contributed by atoms with E-state index < -0.39 is 0 Å². The third-order valence-electron chi connectivity index (χ3n) is 3.56. The van der Waals surface area contributed by atoms with Crippen molar-refractivity contribution in [2.75, 3.05) is 27.2 Å². The van der Waals surface area contributed by atoms with Gasteiger partial charge in [0.15, 0.2) is 35.6 Å². The lowest BCUT2D eigenvalue weighted by molar-refractivity contribution is 0.0713. The normalized spacial score (nSPS) is 10.6. The van der Waals surface area contributed by atoms with Crippen molar-refractivity contribution in [1.29, 1.82) is 0 Å². The van der Waals surface area contributed by atoms with Gasteiger partial charge in [0, 0.05) is 33.3 Å². The van der Waals surface area contributed by atoms with Gasteiger partial charge in [0.2, 0.25) is 0 Å². The fourth-order valence-electron chi connectivity index (χ4n) is 2.11. The van der Waals surface area contributed by atoms with Crippen molar-refractivity contribution in [2.45, 2.75) is 0 Å². The van der Waals surface area contributed by atoms with E-state index in [2.05, 4.69) is 15.1 Å². The van der Waals surface area contributed by atoms with E-state index in [-0.39, 0.29) is 29.0 Å². The molecule has 3 heterocycles. The molecule has 25 heavy (non-hydrogen) atoms. The topological polar surface area (TPSA) is 119 Å². The minimum Gasteiger partial charge on any atom is -0.451 e. The van der Waals surface area contributed by atoms with E-state index in [0.717, 1.165) is 0 Å². The Kier molecular flexibility index (Phi) is 4.59. The maximum absolute atomic E-state index is 12.5. The number of nitrogens with zero attached hydrogens (tertiary/aromatic N) is 5. The van der Waals surface area contributed by atoms with Crippen LogP contribution in [0, 0.1) is 0 Å². The van der Waals surface area contributed by atoms with Gasteiger partial charge in [-0.3, -0.25) is 9.59 Å². The molecule has 3 aromatic rings. The number of carbonyl (C=O) groups is 2. The second-order valence-corrected chi connectivity index (χ2v) is 5.24. The summed E-state index contributed by atoms with van der Waals surface area (Å²) < 4.78 is 14.8. The van der Waals surface area contributed by atoms with Gasteiger partial charge in [-0.25, -0.2) is 9.97 Å². The highest BCUT2D eigenvalue weighted by atomic mass is 16.5. The van der Waals surface area contributed by atoms with Crippen LogP contribution in [0.25, 0.3) is 11.5 Å². The van der Waals surface area contributed by atoms with Crippen LogP contribution in [0.15, 0.2) is 44.7 Å². The maximum atomic E-state index is 12.5. The second kappa shape index (κ2) is 6.99. The van der Waals surface area contributed by atoms with Crippen LogP contribution in [-0.4, -0.2) is 63.9 Å². The van der Waals surface area contributed by atoms with Crippen molar-refractivity contribution in [3.63, 3.8) is 0 Å². The minimum atomic E-state index is -0.353. The number of amides is 2. The molecule has 0 aromatic carbocycles. The first-order valence-electron chi connectivity index (χ1n) is 7.31. The van der Waals surface area contributed by atoms with Crippen LogP contribution >= 0.6 is 0 Å². The fraction of sp³-hybridized carbons (Fsp3) is 0.267. The lowest BCUT2D eigenvalue weighted by Crippen LogP contribution is -2.37. The van der Waals surface area contributed by atoms with Gasteiger partial charge in [-0.05, 0) is 0 Å². The number of carbonyl (C=O) groups excluding carboxylic acids is 2. The van der Waals surface area contributed by atoms with E-state index in [0.29, 0.717) is 18.8 Å². The van der Waals surface area contributed by atoms with Crippen molar-refractivity contribution in [3.05, 3.63) is 42.8 Å².